The molecule has 2 aromatic rings. The molecule has 7 nitrogen and oxygen atoms in total. The van der Waals surface area contributed by atoms with E-state index in [4.69, 9.17) is 4.74 Å². The molecule has 1 aliphatic heterocycles. The molecular weight excluding hydrogens is 416 g/mol. The summed E-state index contributed by atoms with van der Waals surface area (Å²) in [5.74, 6) is -1.32. The topological polar surface area (TPSA) is 92.8 Å². The molecule has 3 rings (SSSR count). The summed E-state index contributed by atoms with van der Waals surface area (Å²) in [5, 5.41) is 2.79. The summed E-state index contributed by atoms with van der Waals surface area (Å²) in [4.78, 5) is 25.5. The Morgan fingerprint density at radius 3 is 2.39 bits per heavy atom. The van der Waals surface area contributed by atoms with Gasteiger partial charge in [0.1, 0.15) is 6.04 Å². The summed E-state index contributed by atoms with van der Waals surface area (Å²) in [5.41, 5.74) is 0.962. The highest BCUT2D eigenvalue weighted by atomic mass is 32.2. The molecule has 1 N–H and O–H groups in total. The number of hydrogen-bond acceptors (Lipinski definition) is 5. The number of carbonyl (C=O) groups excluding carboxylic acids is 2. The van der Waals surface area contributed by atoms with E-state index >= 15 is 0 Å². The predicted molar refractivity (Wildman–Crippen MR) is 117 cm³/mol. The fraction of sp³-hybridized carbons (Fsp3) is 0.391. The lowest BCUT2D eigenvalue weighted by molar-refractivity contribution is -0.148. The van der Waals surface area contributed by atoms with Crippen LogP contribution in [0.25, 0.3) is 0 Å². The highest BCUT2D eigenvalue weighted by Gasteiger charge is 2.39. The zero-order chi connectivity index (χ0) is 22.3. The van der Waals surface area contributed by atoms with Crippen molar-refractivity contribution in [1.29, 1.82) is 0 Å². The van der Waals surface area contributed by atoms with Gasteiger partial charge >= 0.3 is 5.97 Å². The normalized spacial score (nSPS) is 17.8. The summed E-state index contributed by atoms with van der Waals surface area (Å²) in [6.45, 7) is 2.37. The summed E-state index contributed by atoms with van der Waals surface area (Å²) >= 11 is 0. The maximum atomic E-state index is 13.0. The fourth-order valence-electron chi connectivity index (χ4n) is 3.76. The number of benzene rings is 2. The lowest BCUT2D eigenvalue weighted by Gasteiger charge is -2.24. The number of amides is 1. The van der Waals surface area contributed by atoms with E-state index in [9.17, 15) is 18.0 Å². The van der Waals surface area contributed by atoms with Crippen LogP contribution in [0.2, 0.25) is 0 Å². The van der Waals surface area contributed by atoms with Crippen molar-refractivity contribution < 1.29 is 22.7 Å². The molecule has 0 spiro atoms. The molecule has 1 aliphatic rings. The Morgan fingerprint density at radius 2 is 1.74 bits per heavy atom. The van der Waals surface area contributed by atoms with Crippen LogP contribution in [0.5, 0.6) is 0 Å². The smallest absolute Gasteiger partial charge is 0.311 e. The van der Waals surface area contributed by atoms with E-state index in [1.54, 1.807) is 25.1 Å². The van der Waals surface area contributed by atoms with Gasteiger partial charge in [0, 0.05) is 13.1 Å². The lowest BCUT2D eigenvalue weighted by atomic mass is 9.99. The summed E-state index contributed by atoms with van der Waals surface area (Å²) in [6.07, 6.45) is 1.48. The molecule has 0 saturated carbocycles. The first-order chi connectivity index (χ1) is 14.9. The monoisotopic (exact) mass is 444 g/mol. The van der Waals surface area contributed by atoms with Crippen molar-refractivity contribution in [3.05, 3.63) is 66.2 Å². The van der Waals surface area contributed by atoms with Crippen LogP contribution in [-0.2, 0) is 30.8 Å². The predicted octanol–water partition coefficient (Wildman–Crippen LogP) is 2.38. The van der Waals surface area contributed by atoms with Crippen molar-refractivity contribution >= 4 is 21.9 Å². The maximum absolute atomic E-state index is 13.0. The molecule has 0 bridgehead atoms. The van der Waals surface area contributed by atoms with Gasteiger partial charge in [0.25, 0.3) is 0 Å². The standard InChI is InChI=1S/C23H28N2O5S/c1-2-30-23(27)19(16-18-10-5-3-6-11-18)17-24-22(26)21-14-9-15-25(21)31(28,29)20-12-7-4-8-13-20/h3-8,10-13,19,21H,2,9,14-17H2,1H3,(H,24,26). The minimum absolute atomic E-state index is 0.0856. The van der Waals surface area contributed by atoms with Crippen LogP contribution < -0.4 is 5.32 Å². The van der Waals surface area contributed by atoms with E-state index in [-0.39, 0.29) is 29.9 Å². The first-order valence-electron chi connectivity index (χ1n) is 10.5. The highest BCUT2D eigenvalue weighted by Crippen LogP contribution is 2.26. The molecule has 31 heavy (non-hydrogen) atoms. The number of carbonyl (C=O) groups is 2. The number of ether oxygens (including phenoxy) is 1. The summed E-state index contributed by atoms with van der Waals surface area (Å²) < 4.78 is 32.4. The fourth-order valence-corrected chi connectivity index (χ4v) is 5.43. The molecule has 0 aliphatic carbocycles. The second-order valence-corrected chi connectivity index (χ2v) is 9.36. The average molecular weight is 445 g/mol. The maximum Gasteiger partial charge on any atom is 0.311 e. The van der Waals surface area contributed by atoms with E-state index < -0.39 is 22.0 Å². The SMILES string of the molecule is CCOC(=O)C(CNC(=O)C1CCCN1S(=O)(=O)c1ccccc1)Cc1ccccc1. The van der Waals surface area contributed by atoms with Crippen molar-refractivity contribution in [3.63, 3.8) is 0 Å². The van der Waals surface area contributed by atoms with Crippen molar-refractivity contribution in [3.8, 4) is 0 Å². The van der Waals surface area contributed by atoms with Crippen LogP contribution in [-0.4, -0.2) is 50.3 Å². The molecular formula is C23H28N2O5S. The number of hydrogen-bond donors (Lipinski definition) is 1. The van der Waals surface area contributed by atoms with Gasteiger partial charge in [-0.1, -0.05) is 48.5 Å². The molecule has 2 aromatic carbocycles. The number of nitrogens with zero attached hydrogens (tertiary/aromatic N) is 1. The van der Waals surface area contributed by atoms with E-state index in [0.717, 1.165) is 5.56 Å². The molecule has 0 radical (unpaired) electrons. The van der Waals surface area contributed by atoms with E-state index in [2.05, 4.69) is 5.32 Å². The van der Waals surface area contributed by atoms with Gasteiger partial charge in [-0.05, 0) is 43.9 Å². The van der Waals surface area contributed by atoms with Gasteiger partial charge in [0.2, 0.25) is 15.9 Å². The van der Waals surface area contributed by atoms with Gasteiger partial charge in [0.05, 0.1) is 17.4 Å². The van der Waals surface area contributed by atoms with Crippen molar-refractivity contribution in [1.82, 2.24) is 9.62 Å². The van der Waals surface area contributed by atoms with Gasteiger partial charge in [-0.2, -0.15) is 4.31 Å². The molecule has 1 heterocycles. The number of nitrogens with one attached hydrogen (secondary N) is 1. The average Bonchev–Trinajstić information content (AvgIpc) is 3.29. The Balaban J connectivity index is 1.69. The second-order valence-electron chi connectivity index (χ2n) is 7.47. The van der Waals surface area contributed by atoms with Gasteiger partial charge in [-0.3, -0.25) is 9.59 Å². The van der Waals surface area contributed by atoms with Crippen LogP contribution in [0, 0.1) is 5.92 Å². The van der Waals surface area contributed by atoms with Crippen LogP contribution in [0.4, 0.5) is 0 Å². The summed E-state index contributed by atoms with van der Waals surface area (Å²) in [6, 6.07) is 16.8. The Bertz CT molecular complexity index is 980. The third-order valence-electron chi connectivity index (χ3n) is 5.32. The quantitative estimate of drug-likeness (QED) is 0.600. The minimum atomic E-state index is -3.76. The molecule has 1 fully saturated rings. The zero-order valence-electron chi connectivity index (χ0n) is 17.6. The van der Waals surface area contributed by atoms with Gasteiger partial charge in [0.15, 0.2) is 0 Å². The molecule has 2 atom stereocenters. The first kappa shape index (κ1) is 23.0. The lowest BCUT2D eigenvalue weighted by Crippen LogP contribution is -2.47. The van der Waals surface area contributed by atoms with Crippen molar-refractivity contribution in [2.75, 3.05) is 19.7 Å². The molecule has 166 valence electrons. The van der Waals surface area contributed by atoms with Crippen LogP contribution in [0.1, 0.15) is 25.3 Å². The number of sulfonamides is 1. The van der Waals surface area contributed by atoms with Crippen LogP contribution in [0.15, 0.2) is 65.6 Å². The third kappa shape index (κ3) is 5.71. The molecule has 0 aromatic heterocycles. The molecule has 1 saturated heterocycles. The molecule has 2 unspecified atom stereocenters. The van der Waals surface area contributed by atoms with Crippen LogP contribution >= 0.6 is 0 Å². The van der Waals surface area contributed by atoms with E-state index in [0.29, 0.717) is 25.8 Å². The number of esters is 1. The molecule has 8 heteroatoms. The Labute approximate surface area is 183 Å². The Hall–Kier alpha value is -2.71. The van der Waals surface area contributed by atoms with Crippen LogP contribution in [0.3, 0.4) is 0 Å². The molecule has 1 amide bonds. The zero-order valence-corrected chi connectivity index (χ0v) is 18.4. The third-order valence-corrected chi connectivity index (χ3v) is 7.25. The van der Waals surface area contributed by atoms with Gasteiger partial charge in [-0.25, -0.2) is 8.42 Å². The summed E-state index contributed by atoms with van der Waals surface area (Å²) in [7, 11) is -3.76. The Kier molecular flexibility index (Phi) is 7.81. The van der Waals surface area contributed by atoms with Crippen molar-refractivity contribution in [2.24, 2.45) is 5.92 Å². The Morgan fingerprint density at radius 1 is 1.10 bits per heavy atom. The first-order valence-corrected chi connectivity index (χ1v) is 11.9. The van der Waals surface area contributed by atoms with Gasteiger partial charge < -0.3 is 10.1 Å². The van der Waals surface area contributed by atoms with Gasteiger partial charge in [-0.15, -0.1) is 0 Å². The van der Waals surface area contributed by atoms with Crippen molar-refractivity contribution in [2.45, 2.75) is 37.1 Å². The largest absolute Gasteiger partial charge is 0.466 e. The van der Waals surface area contributed by atoms with E-state index in [1.165, 1.54) is 16.4 Å². The second kappa shape index (κ2) is 10.5. The number of rotatable bonds is 9. The highest BCUT2D eigenvalue weighted by molar-refractivity contribution is 7.89. The minimum Gasteiger partial charge on any atom is -0.466 e. The van der Waals surface area contributed by atoms with E-state index in [1.807, 2.05) is 30.3 Å².